The molecule has 0 radical (unpaired) electrons. The first-order valence-corrected chi connectivity index (χ1v) is 8.32. The van der Waals surface area contributed by atoms with Crippen LogP contribution in [0.2, 0.25) is 0 Å². The number of ether oxygens (including phenoxy) is 1. The SMILES string of the molecule is COC(=O)NCCCN(CC(C)C)S(=O)c1ccc(O)cc1. The van der Waals surface area contributed by atoms with E-state index in [-0.39, 0.29) is 5.75 Å². The maximum absolute atomic E-state index is 12.6. The Labute approximate surface area is 134 Å². The third kappa shape index (κ3) is 6.44. The Bertz CT molecular complexity index is 491. The van der Waals surface area contributed by atoms with Crippen molar-refractivity contribution in [3.63, 3.8) is 0 Å². The number of rotatable bonds is 8. The van der Waals surface area contributed by atoms with Gasteiger partial charge in [0.25, 0.3) is 0 Å². The summed E-state index contributed by atoms with van der Waals surface area (Å²) in [5, 5.41) is 11.9. The number of amides is 1. The predicted octanol–water partition coefficient (Wildman–Crippen LogP) is 2.12. The fourth-order valence-electron chi connectivity index (χ4n) is 1.88. The second-order valence-corrected chi connectivity index (χ2v) is 6.78. The van der Waals surface area contributed by atoms with Crippen molar-refractivity contribution in [1.82, 2.24) is 9.62 Å². The Morgan fingerprint density at radius 2 is 2.00 bits per heavy atom. The number of benzene rings is 1. The van der Waals surface area contributed by atoms with Crippen LogP contribution in [0.1, 0.15) is 20.3 Å². The van der Waals surface area contributed by atoms with Crippen LogP contribution in [0.25, 0.3) is 0 Å². The molecular weight excluding hydrogens is 304 g/mol. The van der Waals surface area contributed by atoms with E-state index in [9.17, 15) is 14.1 Å². The lowest BCUT2D eigenvalue weighted by molar-refractivity contribution is 0.170. The lowest BCUT2D eigenvalue weighted by atomic mass is 10.2. The van der Waals surface area contributed by atoms with Crippen LogP contribution >= 0.6 is 0 Å². The molecule has 0 saturated carbocycles. The zero-order valence-electron chi connectivity index (χ0n) is 13.2. The van der Waals surface area contributed by atoms with E-state index in [1.165, 1.54) is 19.2 Å². The molecule has 0 saturated heterocycles. The monoisotopic (exact) mass is 328 g/mol. The smallest absolute Gasteiger partial charge is 0.406 e. The van der Waals surface area contributed by atoms with Gasteiger partial charge in [0.2, 0.25) is 0 Å². The Kier molecular flexibility index (Phi) is 7.90. The Hall–Kier alpha value is -1.60. The van der Waals surface area contributed by atoms with Crippen LogP contribution in [0.5, 0.6) is 5.75 Å². The van der Waals surface area contributed by atoms with E-state index in [2.05, 4.69) is 23.9 Å². The first-order chi connectivity index (χ1) is 10.4. The van der Waals surface area contributed by atoms with Gasteiger partial charge in [-0.25, -0.2) is 13.3 Å². The van der Waals surface area contributed by atoms with Crippen LogP contribution in [-0.4, -0.2) is 46.5 Å². The standard InChI is InChI=1S/C15H24N2O4S/c1-12(2)11-17(10-4-9-16-15(19)21-3)22(20)14-7-5-13(18)6-8-14/h5-8,12,18H,4,9-11H2,1-3H3,(H,16,19). The molecule has 0 heterocycles. The molecule has 0 spiro atoms. The number of nitrogens with zero attached hydrogens (tertiary/aromatic N) is 1. The molecule has 7 heteroatoms. The summed E-state index contributed by atoms with van der Waals surface area (Å²) in [6, 6.07) is 6.37. The first kappa shape index (κ1) is 18.4. The van der Waals surface area contributed by atoms with Crippen LogP contribution in [0.4, 0.5) is 4.79 Å². The van der Waals surface area contributed by atoms with E-state index in [0.717, 1.165) is 0 Å². The summed E-state index contributed by atoms with van der Waals surface area (Å²) in [7, 11) is 0.0320. The molecule has 1 unspecified atom stereocenters. The van der Waals surface area contributed by atoms with Crippen molar-refractivity contribution in [1.29, 1.82) is 0 Å². The summed E-state index contributed by atoms with van der Waals surface area (Å²) >= 11 is 0. The van der Waals surface area contributed by atoms with Crippen LogP contribution < -0.4 is 5.32 Å². The molecule has 0 aliphatic carbocycles. The zero-order valence-corrected chi connectivity index (χ0v) is 14.1. The molecule has 1 amide bonds. The lowest BCUT2D eigenvalue weighted by Gasteiger charge is -2.23. The van der Waals surface area contributed by atoms with E-state index >= 15 is 0 Å². The molecule has 0 aliphatic rings. The summed E-state index contributed by atoms with van der Waals surface area (Å²) in [5.74, 6) is 0.521. The second-order valence-electron chi connectivity index (χ2n) is 5.30. The molecule has 2 N–H and O–H groups in total. The third-order valence-corrected chi connectivity index (χ3v) is 4.36. The number of hydrogen-bond acceptors (Lipinski definition) is 4. The molecule has 1 atom stereocenters. The molecule has 0 aromatic heterocycles. The quantitative estimate of drug-likeness (QED) is 0.717. The molecule has 0 fully saturated rings. The average Bonchev–Trinajstić information content (AvgIpc) is 2.49. The highest BCUT2D eigenvalue weighted by Gasteiger charge is 2.16. The fourth-order valence-corrected chi connectivity index (χ4v) is 3.27. The van der Waals surface area contributed by atoms with E-state index in [4.69, 9.17) is 0 Å². The molecule has 124 valence electrons. The minimum atomic E-state index is -1.29. The zero-order chi connectivity index (χ0) is 16.5. The van der Waals surface area contributed by atoms with Crippen molar-refractivity contribution in [2.45, 2.75) is 25.2 Å². The number of carbonyl (C=O) groups excluding carboxylic acids is 1. The Morgan fingerprint density at radius 3 is 2.55 bits per heavy atom. The largest absolute Gasteiger partial charge is 0.508 e. The third-order valence-electron chi connectivity index (χ3n) is 2.88. The summed E-state index contributed by atoms with van der Waals surface area (Å²) < 4.78 is 19.0. The highest BCUT2D eigenvalue weighted by molar-refractivity contribution is 7.82. The summed E-state index contributed by atoms with van der Waals surface area (Å²) in [6.07, 6.45) is 0.209. The number of aromatic hydroxyl groups is 1. The molecule has 6 nitrogen and oxygen atoms in total. The van der Waals surface area contributed by atoms with Crippen LogP contribution in [0.3, 0.4) is 0 Å². The molecule has 0 bridgehead atoms. The normalized spacial score (nSPS) is 12.4. The molecule has 0 aliphatic heterocycles. The van der Waals surface area contributed by atoms with Crippen molar-refractivity contribution in [2.75, 3.05) is 26.7 Å². The van der Waals surface area contributed by atoms with E-state index in [0.29, 0.717) is 36.9 Å². The van der Waals surface area contributed by atoms with Crippen LogP contribution in [0, 0.1) is 5.92 Å². The van der Waals surface area contributed by atoms with E-state index in [1.54, 1.807) is 12.1 Å². The summed E-state index contributed by atoms with van der Waals surface area (Å²) in [6.45, 7) is 5.87. The van der Waals surface area contributed by atoms with Gasteiger partial charge < -0.3 is 15.2 Å². The molecule has 22 heavy (non-hydrogen) atoms. The maximum Gasteiger partial charge on any atom is 0.406 e. The number of nitrogens with one attached hydrogen (secondary N) is 1. The van der Waals surface area contributed by atoms with Gasteiger partial charge in [-0.2, -0.15) is 0 Å². The van der Waals surface area contributed by atoms with Gasteiger partial charge in [-0.1, -0.05) is 13.8 Å². The number of phenols is 1. The highest BCUT2D eigenvalue weighted by atomic mass is 32.2. The Balaban J connectivity index is 2.61. The summed E-state index contributed by atoms with van der Waals surface area (Å²) in [4.78, 5) is 11.6. The van der Waals surface area contributed by atoms with Gasteiger partial charge in [0.05, 0.1) is 12.0 Å². The van der Waals surface area contributed by atoms with Gasteiger partial charge >= 0.3 is 6.09 Å². The predicted molar refractivity (Wildman–Crippen MR) is 86.0 cm³/mol. The highest BCUT2D eigenvalue weighted by Crippen LogP contribution is 2.16. The van der Waals surface area contributed by atoms with E-state index in [1.807, 2.05) is 4.31 Å². The van der Waals surface area contributed by atoms with Gasteiger partial charge in [-0.05, 0) is 36.6 Å². The average molecular weight is 328 g/mol. The van der Waals surface area contributed by atoms with Crippen LogP contribution in [-0.2, 0) is 15.7 Å². The fraction of sp³-hybridized carbons (Fsp3) is 0.533. The van der Waals surface area contributed by atoms with E-state index < -0.39 is 17.1 Å². The number of alkyl carbamates (subject to hydrolysis) is 1. The number of carbonyl (C=O) groups is 1. The van der Waals surface area contributed by atoms with Gasteiger partial charge in [-0.3, -0.25) is 0 Å². The second kappa shape index (κ2) is 9.42. The van der Waals surface area contributed by atoms with Crippen molar-refractivity contribution in [2.24, 2.45) is 5.92 Å². The van der Waals surface area contributed by atoms with Gasteiger partial charge in [0.1, 0.15) is 16.7 Å². The number of hydrogen-bond donors (Lipinski definition) is 2. The van der Waals surface area contributed by atoms with Crippen LogP contribution in [0.15, 0.2) is 29.2 Å². The number of methoxy groups -OCH3 is 1. The van der Waals surface area contributed by atoms with Crippen molar-refractivity contribution in [3.8, 4) is 5.75 Å². The van der Waals surface area contributed by atoms with Crippen molar-refractivity contribution < 1.29 is 18.8 Å². The van der Waals surface area contributed by atoms with Crippen molar-refractivity contribution >= 4 is 17.1 Å². The van der Waals surface area contributed by atoms with Gasteiger partial charge in [0, 0.05) is 19.6 Å². The molecular formula is C15H24N2O4S. The van der Waals surface area contributed by atoms with Gasteiger partial charge in [0.15, 0.2) is 0 Å². The molecule has 1 aromatic rings. The first-order valence-electron chi connectivity index (χ1n) is 7.21. The van der Waals surface area contributed by atoms with Gasteiger partial charge in [-0.15, -0.1) is 0 Å². The summed E-state index contributed by atoms with van der Waals surface area (Å²) in [5.41, 5.74) is 0. The minimum absolute atomic E-state index is 0.151. The van der Waals surface area contributed by atoms with Crippen molar-refractivity contribution in [3.05, 3.63) is 24.3 Å². The Morgan fingerprint density at radius 1 is 1.36 bits per heavy atom. The maximum atomic E-state index is 12.6. The number of phenolic OH excluding ortho intramolecular Hbond substituents is 1. The minimum Gasteiger partial charge on any atom is -0.508 e. The molecule has 1 aromatic carbocycles. The lowest BCUT2D eigenvalue weighted by Crippen LogP contribution is -2.33. The molecule has 1 rings (SSSR count). The topological polar surface area (TPSA) is 78.9 Å².